The monoisotopic (exact) mass is 244 g/mol. The second-order valence-electron chi connectivity index (χ2n) is 4.50. The van der Waals surface area contributed by atoms with Crippen LogP contribution in [0.5, 0.6) is 0 Å². The molecule has 98 valence electrons. The highest BCUT2D eigenvalue weighted by Crippen LogP contribution is 2.18. The standard InChI is InChI=1S/C11H20N2O4/c1-7(2)12-6-10(14)13-5-8-3-4-9(17-8)11(15)16/h7-9,12H,3-6H2,1-2H3,(H,13,14)(H,15,16). The molecule has 1 rings (SSSR count). The minimum absolute atomic E-state index is 0.0962. The van der Waals surface area contributed by atoms with Crippen LogP contribution in [0.4, 0.5) is 0 Å². The summed E-state index contributed by atoms with van der Waals surface area (Å²) in [5.74, 6) is -1.03. The molecule has 0 aromatic rings. The molecular weight excluding hydrogens is 224 g/mol. The molecule has 0 aromatic carbocycles. The first-order chi connectivity index (χ1) is 7.99. The number of hydrogen-bond acceptors (Lipinski definition) is 4. The lowest BCUT2D eigenvalue weighted by atomic mass is 10.2. The zero-order valence-electron chi connectivity index (χ0n) is 10.2. The summed E-state index contributed by atoms with van der Waals surface area (Å²) in [5.41, 5.74) is 0. The van der Waals surface area contributed by atoms with Gasteiger partial charge in [0.25, 0.3) is 0 Å². The van der Waals surface area contributed by atoms with Gasteiger partial charge in [0.1, 0.15) is 0 Å². The van der Waals surface area contributed by atoms with Crippen molar-refractivity contribution in [3.63, 3.8) is 0 Å². The summed E-state index contributed by atoms with van der Waals surface area (Å²) < 4.78 is 5.26. The summed E-state index contributed by atoms with van der Waals surface area (Å²) >= 11 is 0. The van der Waals surface area contributed by atoms with Gasteiger partial charge in [-0.05, 0) is 12.8 Å². The maximum Gasteiger partial charge on any atom is 0.332 e. The van der Waals surface area contributed by atoms with Crippen molar-refractivity contribution in [2.75, 3.05) is 13.1 Å². The van der Waals surface area contributed by atoms with Gasteiger partial charge in [-0.2, -0.15) is 0 Å². The molecule has 1 fully saturated rings. The van der Waals surface area contributed by atoms with Crippen LogP contribution in [0, 0.1) is 0 Å². The Morgan fingerprint density at radius 1 is 1.41 bits per heavy atom. The van der Waals surface area contributed by atoms with E-state index in [-0.39, 0.29) is 24.6 Å². The number of ether oxygens (including phenoxy) is 1. The van der Waals surface area contributed by atoms with Crippen LogP contribution in [0.1, 0.15) is 26.7 Å². The quantitative estimate of drug-likeness (QED) is 0.599. The summed E-state index contributed by atoms with van der Waals surface area (Å²) in [7, 11) is 0. The van der Waals surface area contributed by atoms with Gasteiger partial charge < -0.3 is 20.5 Å². The Morgan fingerprint density at radius 2 is 2.12 bits per heavy atom. The number of rotatable bonds is 6. The van der Waals surface area contributed by atoms with Gasteiger partial charge in [0.05, 0.1) is 12.6 Å². The zero-order valence-corrected chi connectivity index (χ0v) is 10.2. The highest BCUT2D eigenvalue weighted by atomic mass is 16.5. The summed E-state index contributed by atoms with van der Waals surface area (Å²) in [5, 5.41) is 14.5. The van der Waals surface area contributed by atoms with E-state index in [1.54, 1.807) is 0 Å². The van der Waals surface area contributed by atoms with Crippen LogP contribution in [-0.4, -0.2) is 48.3 Å². The van der Waals surface area contributed by atoms with E-state index in [4.69, 9.17) is 9.84 Å². The molecule has 17 heavy (non-hydrogen) atoms. The third-order valence-electron chi connectivity index (χ3n) is 2.58. The topological polar surface area (TPSA) is 87.7 Å². The van der Waals surface area contributed by atoms with Crippen molar-refractivity contribution in [1.82, 2.24) is 10.6 Å². The fourth-order valence-corrected chi connectivity index (χ4v) is 1.62. The Hall–Kier alpha value is -1.14. The van der Waals surface area contributed by atoms with E-state index in [0.717, 1.165) is 0 Å². The Morgan fingerprint density at radius 3 is 2.65 bits per heavy atom. The third-order valence-corrected chi connectivity index (χ3v) is 2.58. The lowest BCUT2D eigenvalue weighted by Gasteiger charge is -2.13. The maximum absolute atomic E-state index is 11.4. The van der Waals surface area contributed by atoms with Crippen molar-refractivity contribution < 1.29 is 19.4 Å². The first-order valence-corrected chi connectivity index (χ1v) is 5.87. The van der Waals surface area contributed by atoms with Crippen LogP contribution in [0.3, 0.4) is 0 Å². The number of carbonyl (C=O) groups is 2. The molecule has 2 unspecified atom stereocenters. The van der Waals surface area contributed by atoms with Gasteiger partial charge in [-0.3, -0.25) is 4.79 Å². The predicted octanol–water partition coefficient (Wildman–Crippen LogP) is -0.267. The second kappa shape index (κ2) is 6.56. The molecule has 6 nitrogen and oxygen atoms in total. The first-order valence-electron chi connectivity index (χ1n) is 5.87. The molecule has 3 N–H and O–H groups in total. The van der Waals surface area contributed by atoms with E-state index in [1.165, 1.54) is 0 Å². The fraction of sp³-hybridized carbons (Fsp3) is 0.818. The van der Waals surface area contributed by atoms with E-state index in [0.29, 0.717) is 19.4 Å². The second-order valence-corrected chi connectivity index (χ2v) is 4.50. The molecule has 0 bridgehead atoms. The number of aliphatic carboxylic acids is 1. The van der Waals surface area contributed by atoms with Crippen LogP contribution < -0.4 is 10.6 Å². The average molecular weight is 244 g/mol. The molecule has 1 heterocycles. The molecule has 2 atom stereocenters. The van der Waals surface area contributed by atoms with Crippen LogP contribution in [0.25, 0.3) is 0 Å². The lowest BCUT2D eigenvalue weighted by Crippen LogP contribution is -2.40. The number of carboxylic acids is 1. The largest absolute Gasteiger partial charge is 0.479 e. The molecule has 1 aliphatic heterocycles. The Kier molecular flexibility index (Phi) is 5.37. The van der Waals surface area contributed by atoms with Gasteiger partial charge in [-0.25, -0.2) is 4.79 Å². The van der Waals surface area contributed by atoms with Crippen LogP contribution in [0.15, 0.2) is 0 Å². The Balaban J connectivity index is 2.15. The van der Waals surface area contributed by atoms with Gasteiger partial charge >= 0.3 is 5.97 Å². The smallest absolute Gasteiger partial charge is 0.332 e. The molecule has 1 saturated heterocycles. The number of carbonyl (C=O) groups excluding carboxylic acids is 1. The van der Waals surface area contributed by atoms with Gasteiger partial charge in [0.2, 0.25) is 5.91 Å². The van der Waals surface area contributed by atoms with Crippen molar-refractivity contribution >= 4 is 11.9 Å². The summed E-state index contributed by atoms with van der Waals surface area (Å²) in [6, 6.07) is 0.264. The van der Waals surface area contributed by atoms with Crippen molar-refractivity contribution in [2.24, 2.45) is 0 Å². The van der Waals surface area contributed by atoms with Crippen LogP contribution in [-0.2, 0) is 14.3 Å². The molecule has 0 aliphatic carbocycles. The predicted molar refractivity (Wildman–Crippen MR) is 61.7 cm³/mol. The number of hydrogen-bond donors (Lipinski definition) is 3. The molecule has 1 amide bonds. The Labute approximate surface area is 101 Å². The van der Waals surface area contributed by atoms with Gasteiger partial charge in [0.15, 0.2) is 6.10 Å². The number of amides is 1. The summed E-state index contributed by atoms with van der Waals surface area (Å²) in [6.07, 6.45) is 0.291. The van der Waals surface area contributed by atoms with E-state index >= 15 is 0 Å². The zero-order chi connectivity index (χ0) is 12.8. The molecule has 0 spiro atoms. The lowest BCUT2D eigenvalue weighted by molar-refractivity contribution is -0.149. The van der Waals surface area contributed by atoms with Gasteiger partial charge in [-0.1, -0.05) is 13.8 Å². The first kappa shape index (κ1) is 13.9. The molecule has 0 radical (unpaired) electrons. The molecular formula is C11H20N2O4. The molecule has 6 heteroatoms. The summed E-state index contributed by atoms with van der Waals surface area (Å²) in [6.45, 7) is 4.57. The highest BCUT2D eigenvalue weighted by Gasteiger charge is 2.30. The van der Waals surface area contributed by atoms with E-state index < -0.39 is 12.1 Å². The SMILES string of the molecule is CC(C)NCC(=O)NCC1CCC(C(=O)O)O1. The number of nitrogens with one attached hydrogen (secondary N) is 2. The average Bonchev–Trinajstić information content (AvgIpc) is 2.72. The maximum atomic E-state index is 11.4. The molecule has 1 aliphatic rings. The normalized spacial score (nSPS) is 23.9. The highest BCUT2D eigenvalue weighted by molar-refractivity contribution is 5.78. The molecule has 0 aromatic heterocycles. The minimum Gasteiger partial charge on any atom is -0.479 e. The van der Waals surface area contributed by atoms with Crippen molar-refractivity contribution in [3.8, 4) is 0 Å². The fourth-order valence-electron chi connectivity index (χ4n) is 1.62. The summed E-state index contributed by atoms with van der Waals surface area (Å²) in [4.78, 5) is 22.0. The van der Waals surface area contributed by atoms with Crippen LogP contribution in [0.2, 0.25) is 0 Å². The van der Waals surface area contributed by atoms with E-state index in [1.807, 2.05) is 13.8 Å². The van der Waals surface area contributed by atoms with E-state index in [2.05, 4.69) is 10.6 Å². The van der Waals surface area contributed by atoms with Crippen molar-refractivity contribution in [1.29, 1.82) is 0 Å². The van der Waals surface area contributed by atoms with Gasteiger partial charge in [0, 0.05) is 12.6 Å². The number of carboxylic acid groups (broad SMARTS) is 1. The third kappa shape index (κ3) is 5.14. The Bertz CT molecular complexity index is 281. The van der Waals surface area contributed by atoms with Crippen molar-refractivity contribution in [2.45, 2.75) is 44.9 Å². The van der Waals surface area contributed by atoms with Gasteiger partial charge in [-0.15, -0.1) is 0 Å². The van der Waals surface area contributed by atoms with E-state index in [9.17, 15) is 9.59 Å². The van der Waals surface area contributed by atoms with Crippen LogP contribution >= 0.6 is 0 Å². The molecule has 0 saturated carbocycles. The van der Waals surface area contributed by atoms with Crippen molar-refractivity contribution in [3.05, 3.63) is 0 Å². The minimum atomic E-state index is -0.930.